The molecule has 3 heterocycles. The van der Waals surface area contributed by atoms with E-state index in [9.17, 15) is 13.2 Å². The Morgan fingerprint density at radius 1 is 1.11 bits per heavy atom. The fourth-order valence-electron chi connectivity index (χ4n) is 2.37. The number of rotatable bonds is 4. The van der Waals surface area contributed by atoms with Crippen molar-refractivity contribution in [1.29, 1.82) is 0 Å². The van der Waals surface area contributed by atoms with E-state index in [1.165, 1.54) is 4.40 Å². The minimum absolute atomic E-state index is 0.127. The van der Waals surface area contributed by atoms with Crippen LogP contribution in [0.2, 0.25) is 10.0 Å². The van der Waals surface area contributed by atoms with Crippen LogP contribution in [0, 0.1) is 0 Å². The molecule has 0 atom stereocenters. The quantitative estimate of drug-likeness (QED) is 0.391. The molecular formula is C16H8Cl2F3N5OS. The van der Waals surface area contributed by atoms with Crippen LogP contribution in [0.25, 0.3) is 17.1 Å². The van der Waals surface area contributed by atoms with Crippen LogP contribution in [0.1, 0.15) is 11.4 Å². The molecule has 0 radical (unpaired) electrons. The van der Waals surface area contributed by atoms with Crippen LogP contribution >= 0.6 is 35.0 Å². The second-order valence-electron chi connectivity index (χ2n) is 5.53. The van der Waals surface area contributed by atoms with Crippen LogP contribution < -0.4 is 0 Å². The van der Waals surface area contributed by atoms with Gasteiger partial charge in [0, 0.05) is 6.20 Å². The topological polar surface area (TPSA) is 69.1 Å². The molecule has 1 aromatic carbocycles. The molecule has 4 aromatic rings. The first-order valence-electron chi connectivity index (χ1n) is 7.64. The van der Waals surface area contributed by atoms with Gasteiger partial charge in [0.1, 0.15) is 0 Å². The van der Waals surface area contributed by atoms with Crippen LogP contribution in [-0.2, 0) is 11.9 Å². The number of benzene rings is 1. The molecule has 0 unspecified atom stereocenters. The van der Waals surface area contributed by atoms with Crippen molar-refractivity contribution in [2.45, 2.75) is 17.1 Å². The van der Waals surface area contributed by atoms with Crippen LogP contribution in [-0.4, -0.2) is 24.7 Å². The van der Waals surface area contributed by atoms with Gasteiger partial charge in [0.05, 0.1) is 26.9 Å². The van der Waals surface area contributed by atoms with Crippen molar-refractivity contribution in [3.05, 3.63) is 58.0 Å². The standard InChI is InChI=1S/C16H8Cl2F3N5OS/c17-10-4-2-1-3-9(10)14-22-12(25-27-14)7-28-15-24-23-13-11(18)5-8(6-26(13)15)16(19,20)21/h1-6H,7H2. The highest BCUT2D eigenvalue weighted by Gasteiger charge is 2.32. The Morgan fingerprint density at radius 3 is 2.64 bits per heavy atom. The van der Waals surface area contributed by atoms with E-state index < -0.39 is 11.7 Å². The Labute approximate surface area is 169 Å². The fourth-order valence-corrected chi connectivity index (χ4v) is 3.59. The van der Waals surface area contributed by atoms with Gasteiger partial charge in [0.25, 0.3) is 5.89 Å². The number of aromatic nitrogens is 5. The molecule has 4 rings (SSSR count). The van der Waals surface area contributed by atoms with Crippen molar-refractivity contribution in [2.75, 3.05) is 0 Å². The molecule has 0 fully saturated rings. The van der Waals surface area contributed by atoms with Crippen LogP contribution in [0.4, 0.5) is 13.2 Å². The van der Waals surface area contributed by atoms with E-state index in [-0.39, 0.29) is 27.5 Å². The SMILES string of the molecule is FC(F)(F)c1cc(Cl)c2nnc(SCc3noc(-c4ccccc4Cl)n3)n2c1. The summed E-state index contributed by atoms with van der Waals surface area (Å²) in [5.41, 5.74) is -0.184. The maximum absolute atomic E-state index is 13.0. The van der Waals surface area contributed by atoms with E-state index in [1.54, 1.807) is 24.3 Å². The summed E-state index contributed by atoms with van der Waals surface area (Å²) in [4.78, 5) is 4.25. The van der Waals surface area contributed by atoms with E-state index in [4.69, 9.17) is 27.7 Å². The Morgan fingerprint density at radius 2 is 1.89 bits per heavy atom. The van der Waals surface area contributed by atoms with Crippen molar-refractivity contribution in [3.8, 4) is 11.5 Å². The summed E-state index contributed by atoms with van der Waals surface area (Å²) < 4.78 is 45.4. The van der Waals surface area contributed by atoms with Gasteiger partial charge in [-0.25, -0.2) is 0 Å². The van der Waals surface area contributed by atoms with Gasteiger partial charge in [-0.05, 0) is 18.2 Å². The minimum Gasteiger partial charge on any atom is -0.334 e. The average molecular weight is 446 g/mol. The Bertz CT molecular complexity index is 1160. The third-order valence-corrected chi connectivity index (χ3v) is 5.21. The highest BCUT2D eigenvalue weighted by molar-refractivity contribution is 7.98. The van der Waals surface area contributed by atoms with Crippen molar-refractivity contribution in [3.63, 3.8) is 0 Å². The average Bonchev–Trinajstić information content (AvgIpc) is 3.26. The molecule has 6 nitrogen and oxygen atoms in total. The minimum atomic E-state index is -4.54. The van der Waals surface area contributed by atoms with Gasteiger partial charge in [-0.15, -0.1) is 10.2 Å². The number of hydrogen-bond donors (Lipinski definition) is 0. The first kappa shape index (κ1) is 19.0. The van der Waals surface area contributed by atoms with Crippen molar-refractivity contribution >= 4 is 40.6 Å². The van der Waals surface area contributed by atoms with E-state index in [0.29, 0.717) is 16.4 Å². The van der Waals surface area contributed by atoms with Gasteiger partial charge in [0.2, 0.25) is 0 Å². The van der Waals surface area contributed by atoms with Crippen molar-refractivity contribution in [1.82, 2.24) is 24.7 Å². The lowest BCUT2D eigenvalue weighted by atomic mass is 10.2. The molecule has 0 bridgehead atoms. The molecular weight excluding hydrogens is 438 g/mol. The third-order valence-electron chi connectivity index (χ3n) is 3.66. The number of alkyl halides is 3. The molecule has 28 heavy (non-hydrogen) atoms. The highest BCUT2D eigenvalue weighted by Crippen LogP contribution is 2.34. The lowest BCUT2D eigenvalue weighted by molar-refractivity contribution is -0.137. The number of halogens is 5. The van der Waals surface area contributed by atoms with E-state index in [2.05, 4.69) is 20.3 Å². The van der Waals surface area contributed by atoms with Gasteiger partial charge >= 0.3 is 6.18 Å². The zero-order chi connectivity index (χ0) is 19.9. The van der Waals surface area contributed by atoms with Crippen LogP contribution in [0.15, 0.2) is 46.2 Å². The maximum atomic E-state index is 13.0. The summed E-state index contributed by atoms with van der Waals surface area (Å²) in [6.07, 6.45) is -3.64. The summed E-state index contributed by atoms with van der Waals surface area (Å²) >= 11 is 13.1. The molecule has 0 spiro atoms. The molecule has 0 aliphatic carbocycles. The van der Waals surface area contributed by atoms with Gasteiger partial charge in [0.15, 0.2) is 16.6 Å². The Kier molecular flexibility index (Phi) is 4.94. The lowest BCUT2D eigenvalue weighted by Gasteiger charge is -2.08. The molecule has 0 saturated heterocycles. The molecule has 0 saturated carbocycles. The molecule has 3 aromatic heterocycles. The number of pyridine rings is 1. The molecule has 0 N–H and O–H groups in total. The van der Waals surface area contributed by atoms with Gasteiger partial charge in [-0.1, -0.05) is 52.3 Å². The predicted octanol–water partition coefficient (Wildman–Crippen LogP) is 5.40. The molecule has 0 aliphatic heterocycles. The van der Waals surface area contributed by atoms with Gasteiger partial charge in [-0.3, -0.25) is 4.40 Å². The maximum Gasteiger partial charge on any atom is 0.417 e. The highest BCUT2D eigenvalue weighted by atomic mass is 35.5. The number of hydrogen-bond acceptors (Lipinski definition) is 6. The smallest absolute Gasteiger partial charge is 0.334 e. The third kappa shape index (κ3) is 3.67. The molecule has 0 amide bonds. The van der Waals surface area contributed by atoms with Gasteiger partial charge < -0.3 is 4.52 Å². The van der Waals surface area contributed by atoms with E-state index >= 15 is 0 Å². The summed E-state index contributed by atoms with van der Waals surface area (Å²) in [6, 6.07) is 7.80. The number of thioether (sulfide) groups is 1. The normalized spacial score (nSPS) is 12.0. The lowest BCUT2D eigenvalue weighted by Crippen LogP contribution is -2.07. The van der Waals surface area contributed by atoms with Crippen molar-refractivity contribution < 1.29 is 17.7 Å². The molecule has 144 valence electrons. The predicted molar refractivity (Wildman–Crippen MR) is 97.3 cm³/mol. The zero-order valence-electron chi connectivity index (χ0n) is 13.6. The van der Waals surface area contributed by atoms with Gasteiger partial charge in [-0.2, -0.15) is 18.2 Å². The summed E-state index contributed by atoms with van der Waals surface area (Å²) in [5, 5.41) is 12.1. The van der Waals surface area contributed by atoms with Crippen molar-refractivity contribution in [2.24, 2.45) is 0 Å². The van der Waals surface area contributed by atoms with Crippen LogP contribution in [0.5, 0.6) is 0 Å². The van der Waals surface area contributed by atoms with Crippen LogP contribution in [0.3, 0.4) is 0 Å². The number of nitrogens with zero attached hydrogens (tertiary/aromatic N) is 5. The largest absolute Gasteiger partial charge is 0.417 e. The summed E-state index contributed by atoms with van der Waals surface area (Å²) in [6.45, 7) is 0. The molecule has 0 aliphatic rings. The monoisotopic (exact) mass is 445 g/mol. The summed E-state index contributed by atoms with van der Waals surface area (Å²) in [5.74, 6) is 0.771. The zero-order valence-corrected chi connectivity index (χ0v) is 15.9. The molecule has 12 heteroatoms. The summed E-state index contributed by atoms with van der Waals surface area (Å²) in [7, 11) is 0. The Hall–Kier alpha value is -2.30. The van der Waals surface area contributed by atoms with E-state index in [1.807, 2.05) is 0 Å². The fraction of sp³-hybridized carbons (Fsp3) is 0.125. The number of fused-ring (bicyclic) bond motifs is 1. The Balaban J connectivity index is 1.58. The second-order valence-corrected chi connectivity index (χ2v) is 7.29. The first-order valence-corrected chi connectivity index (χ1v) is 9.39. The second kappa shape index (κ2) is 7.26. The van der Waals surface area contributed by atoms with E-state index in [0.717, 1.165) is 24.0 Å². The first-order chi connectivity index (χ1) is 13.3.